The van der Waals surface area contributed by atoms with Gasteiger partial charge in [-0.15, -0.1) is 0 Å². The molecule has 9 nitrogen and oxygen atoms in total. The molecule has 2 atom stereocenters. The third-order valence-electron chi connectivity index (χ3n) is 4.08. The van der Waals surface area contributed by atoms with Gasteiger partial charge in [-0.1, -0.05) is 18.2 Å². The Labute approximate surface area is 160 Å². The van der Waals surface area contributed by atoms with Crippen molar-refractivity contribution >= 4 is 18.0 Å². The first-order chi connectivity index (χ1) is 13.3. The Balaban J connectivity index is 2.58. The van der Waals surface area contributed by atoms with E-state index in [2.05, 4.69) is 10.1 Å². The van der Waals surface area contributed by atoms with Gasteiger partial charge in [0.2, 0.25) is 0 Å². The van der Waals surface area contributed by atoms with Gasteiger partial charge in [0.25, 0.3) is 0 Å². The molecule has 2 aromatic rings. The van der Waals surface area contributed by atoms with Crippen molar-refractivity contribution in [1.29, 1.82) is 0 Å². The fraction of sp³-hybridized carbons (Fsp3) is 0.211. The number of primary amides is 1. The number of nitrogens with one attached hydrogen (secondary N) is 1. The summed E-state index contributed by atoms with van der Waals surface area (Å²) in [6.45, 7) is 0. The van der Waals surface area contributed by atoms with Gasteiger partial charge in [-0.3, -0.25) is 4.79 Å². The van der Waals surface area contributed by atoms with Crippen molar-refractivity contribution < 1.29 is 34.1 Å². The molecule has 9 heteroatoms. The molecule has 0 spiro atoms. The van der Waals surface area contributed by atoms with E-state index < -0.39 is 29.9 Å². The van der Waals surface area contributed by atoms with Gasteiger partial charge >= 0.3 is 18.0 Å². The van der Waals surface area contributed by atoms with Crippen LogP contribution in [0.5, 0.6) is 11.5 Å². The second kappa shape index (κ2) is 8.76. The van der Waals surface area contributed by atoms with Crippen LogP contribution in [0.3, 0.4) is 0 Å². The lowest BCUT2D eigenvalue weighted by molar-refractivity contribution is -0.143. The zero-order chi connectivity index (χ0) is 20.8. The van der Waals surface area contributed by atoms with Gasteiger partial charge < -0.3 is 30.7 Å². The average molecular weight is 388 g/mol. The second-order valence-electron chi connectivity index (χ2n) is 5.83. The molecule has 5 N–H and O–H groups in total. The Hall–Kier alpha value is -3.75. The molecule has 2 aromatic carbocycles. The van der Waals surface area contributed by atoms with Crippen molar-refractivity contribution in [3.05, 3.63) is 59.2 Å². The maximum absolute atomic E-state index is 12.4. The molecule has 0 aliphatic rings. The lowest BCUT2D eigenvalue weighted by Gasteiger charge is -2.20. The minimum atomic E-state index is -1.37. The number of ether oxygens (including phenoxy) is 2. The van der Waals surface area contributed by atoms with Gasteiger partial charge in [0.1, 0.15) is 17.4 Å². The van der Waals surface area contributed by atoms with Crippen LogP contribution in [0.4, 0.5) is 4.79 Å². The Morgan fingerprint density at radius 1 is 0.929 bits per heavy atom. The summed E-state index contributed by atoms with van der Waals surface area (Å²) in [5.74, 6) is -2.64. The van der Waals surface area contributed by atoms with E-state index in [0.29, 0.717) is 11.1 Å². The first-order valence-corrected chi connectivity index (χ1v) is 8.11. The van der Waals surface area contributed by atoms with Crippen LogP contribution >= 0.6 is 0 Å². The largest absolute Gasteiger partial charge is 0.508 e. The van der Waals surface area contributed by atoms with Crippen molar-refractivity contribution in [1.82, 2.24) is 5.32 Å². The zero-order valence-electron chi connectivity index (χ0n) is 15.2. The molecule has 0 aromatic heterocycles. The van der Waals surface area contributed by atoms with Crippen molar-refractivity contribution in [2.24, 2.45) is 5.73 Å². The summed E-state index contributed by atoms with van der Waals surface area (Å²) < 4.78 is 9.52. The number of amides is 2. The number of carbonyl (C=O) groups is 3. The van der Waals surface area contributed by atoms with E-state index >= 15 is 0 Å². The summed E-state index contributed by atoms with van der Waals surface area (Å²) in [7, 11) is 2.34. The number of nitrogens with two attached hydrogens (primary N) is 1. The van der Waals surface area contributed by atoms with Crippen molar-refractivity contribution in [2.45, 2.75) is 12.0 Å². The molecule has 0 fully saturated rings. The van der Waals surface area contributed by atoms with Crippen LogP contribution < -0.4 is 11.1 Å². The molecule has 0 aliphatic heterocycles. The van der Waals surface area contributed by atoms with Crippen LogP contribution in [-0.4, -0.2) is 42.4 Å². The molecule has 0 heterocycles. The molecular weight excluding hydrogens is 368 g/mol. The number of phenolic OH excluding ortho intramolecular Hbond substituents is 2. The van der Waals surface area contributed by atoms with Gasteiger partial charge in [-0.2, -0.15) is 0 Å². The van der Waals surface area contributed by atoms with Gasteiger partial charge in [0, 0.05) is 5.56 Å². The Morgan fingerprint density at radius 3 is 2.04 bits per heavy atom. The number of esters is 2. The molecule has 0 aliphatic carbocycles. The zero-order valence-corrected chi connectivity index (χ0v) is 15.2. The smallest absolute Gasteiger partial charge is 0.333 e. The van der Waals surface area contributed by atoms with Crippen LogP contribution in [0.1, 0.15) is 28.7 Å². The summed E-state index contributed by atoms with van der Waals surface area (Å²) in [5, 5.41) is 21.9. The highest BCUT2D eigenvalue weighted by molar-refractivity contribution is 5.86. The van der Waals surface area contributed by atoms with Gasteiger partial charge in [0.15, 0.2) is 6.04 Å². The monoisotopic (exact) mass is 388 g/mol. The first kappa shape index (κ1) is 20.6. The van der Waals surface area contributed by atoms with Gasteiger partial charge in [-0.25, -0.2) is 9.59 Å². The number of carbonyl (C=O) groups excluding carboxylic acids is 3. The standard InChI is InChI=1S/C19H20N2O7/c1-27-17(24)15(10-3-6-12(22)7-4-10)11-5-8-14(23)13(9-11)16(18(25)28-2)21-19(20)26/h3-9,15-16,22-23H,1-2H3,(H3,20,21,26). The highest BCUT2D eigenvalue weighted by Gasteiger charge is 2.29. The van der Waals surface area contributed by atoms with Crippen molar-refractivity contribution in [3.8, 4) is 11.5 Å². The summed E-state index contributed by atoms with van der Waals surface area (Å²) in [5.41, 5.74) is 6.00. The topological polar surface area (TPSA) is 148 Å². The number of aromatic hydroxyl groups is 2. The molecule has 0 saturated heterocycles. The third kappa shape index (κ3) is 4.50. The summed E-state index contributed by atoms with van der Waals surface area (Å²) >= 11 is 0. The van der Waals surface area contributed by atoms with Crippen LogP contribution in [0.25, 0.3) is 0 Å². The fourth-order valence-electron chi connectivity index (χ4n) is 2.76. The van der Waals surface area contributed by atoms with E-state index in [1.165, 1.54) is 37.4 Å². The predicted octanol–water partition coefficient (Wildman–Crippen LogP) is 1.29. The molecule has 0 bridgehead atoms. The van der Waals surface area contributed by atoms with Crippen LogP contribution in [0, 0.1) is 0 Å². The van der Waals surface area contributed by atoms with Crippen LogP contribution in [-0.2, 0) is 19.1 Å². The van der Waals surface area contributed by atoms with E-state index in [0.717, 1.165) is 7.11 Å². The van der Waals surface area contributed by atoms with Crippen molar-refractivity contribution in [2.75, 3.05) is 14.2 Å². The number of methoxy groups -OCH3 is 2. The number of hydrogen-bond acceptors (Lipinski definition) is 7. The van der Waals surface area contributed by atoms with Crippen molar-refractivity contribution in [3.63, 3.8) is 0 Å². The Morgan fingerprint density at radius 2 is 1.50 bits per heavy atom. The summed E-state index contributed by atoms with van der Waals surface area (Å²) in [6.07, 6.45) is 0. The number of rotatable bonds is 6. The maximum atomic E-state index is 12.4. The number of hydrogen-bond donors (Lipinski definition) is 4. The van der Waals surface area contributed by atoms with Crippen LogP contribution in [0.15, 0.2) is 42.5 Å². The molecule has 2 unspecified atom stereocenters. The molecule has 2 amide bonds. The molecule has 0 radical (unpaired) electrons. The quantitative estimate of drug-likeness (QED) is 0.545. The van der Waals surface area contributed by atoms with E-state index in [1.54, 1.807) is 12.1 Å². The molecule has 28 heavy (non-hydrogen) atoms. The minimum absolute atomic E-state index is 0.00386. The average Bonchev–Trinajstić information content (AvgIpc) is 2.68. The highest BCUT2D eigenvalue weighted by Crippen LogP contribution is 2.33. The lowest BCUT2D eigenvalue weighted by Crippen LogP contribution is -2.38. The molecule has 0 saturated carbocycles. The number of phenols is 2. The van der Waals surface area contributed by atoms with E-state index in [-0.39, 0.29) is 17.1 Å². The van der Waals surface area contributed by atoms with E-state index in [1.807, 2.05) is 0 Å². The fourth-order valence-corrected chi connectivity index (χ4v) is 2.76. The van der Waals surface area contributed by atoms with Crippen LogP contribution in [0.2, 0.25) is 0 Å². The number of benzene rings is 2. The highest BCUT2D eigenvalue weighted by atomic mass is 16.5. The van der Waals surface area contributed by atoms with Gasteiger partial charge in [0.05, 0.1) is 14.2 Å². The SMILES string of the molecule is COC(=O)C(NC(N)=O)c1cc(C(C(=O)OC)c2ccc(O)cc2)ccc1O. The van der Waals surface area contributed by atoms with Gasteiger partial charge in [-0.05, 0) is 35.4 Å². The van der Waals surface area contributed by atoms with E-state index in [4.69, 9.17) is 10.5 Å². The normalized spacial score (nSPS) is 12.5. The second-order valence-corrected chi connectivity index (χ2v) is 5.83. The molecular formula is C19H20N2O7. The maximum Gasteiger partial charge on any atom is 0.333 e. The lowest BCUT2D eigenvalue weighted by atomic mass is 9.89. The minimum Gasteiger partial charge on any atom is -0.508 e. The Kier molecular flexibility index (Phi) is 6.43. The van der Waals surface area contributed by atoms with E-state index in [9.17, 15) is 24.6 Å². The molecule has 2 rings (SSSR count). The predicted molar refractivity (Wildman–Crippen MR) is 97.5 cm³/mol. The third-order valence-corrected chi connectivity index (χ3v) is 4.08. The first-order valence-electron chi connectivity index (χ1n) is 8.11. The summed E-state index contributed by atoms with van der Waals surface area (Å²) in [4.78, 5) is 35.7. The Bertz CT molecular complexity index is 880. The molecule has 148 valence electrons. The summed E-state index contributed by atoms with van der Waals surface area (Å²) in [6, 6.07) is 7.68. The number of urea groups is 1.